The van der Waals surface area contributed by atoms with Gasteiger partial charge in [-0.2, -0.15) is 4.72 Å². The third kappa shape index (κ3) is 11.3. The van der Waals surface area contributed by atoms with Crippen molar-refractivity contribution < 1.29 is 32.9 Å². The van der Waals surface area contributed by atoms with Crippen LogP contribution in [0.1, 0.15) is 70.8 Å². The van der Waals surface area contributed by atoms with Gasteiger partial charge in [-0.05, 0) is 78.4 Å². The van der Waals surface area contributed by atoms with Crippen molar-refractivity contribution in [2.45, 2.75) is 81.4 Å². The number of likely N-dealkylation sites (N-methyl/N-ethyl adjacent to an activating group) is 1. The summed E-state index contributed by atoms with van der Waals surface area (Å²) in [6, 6.07) is 47.9. The lowest BCUT2D eigenvalue weighted by Gasteiger charge is -2.39. The van der Waals surface area contributed by atoms with E-state index in [9.17, 15) is 23.4 Å². The number of carbonyl (C=O) groups is 1. The van der Waals surface area contributed by atoms with Crippen LogP contribution in [0.5, 0.6) is 0 Å². The fourth-order valence-corrected chi connectivity index (χ4v) is 8.98. The first-order chi connectivity index (χ1) is 30.0. The van der Waals surface area contributed by atoms with E-state index in [0.717, 1.165) is 50.1 Å². The number of aryl methyl sites for hydroxylation is 1. The van der Waals surface area contributed by atoms with Crippen LogP contribution in [0.15, 0.2) is 163 Å². The van der Waals surface area contributed by atoms with Crippen molar-refractivity contribution in [3.63, 3.8) is 0 Å². The smallest absolute Gasteiger partial charge is 0.241 e. The van der Waals surface area contributed by atoms with Gasteiger partial charge in [0.2, 0.25) is 15.9 Å². The molecular weight excluding hydrogens is 799 g/mol. The van der Waals surface area contributed by atoms with Crippen molar-refractivity contribution in [2.75, 3.05) is 13.6 Å². The van der Waals surface area contributed by atoms with Crippen LogP contribution < -0.4 is 10.0 Å². The largest absolute Gasteiger partial charge is 0.392 e. The van der Waals surface area contributed by atoms with E-state index >= 15 is 0 Å². The Morgan fingerprint density at radius 2 is 1.40 bits per heavy atom. The molecule has 6 aromatic carbocycles. The molecule has 0 unspecified atom stereocenters. The maximum absolute atomic E-state index is 13.8. The molecule has 0 bridgehead atoms. The van der Waals surface area contributed by atoms with Gasteiger partial charge in [0.25, 0.3) is 0 Å². The minimum atomic E-state index is -3.99. The molecule has 10 nitrogen and oxygen atoms in total. The molecule has 322 valence electrons. The molecule has 62 heavy (non-hydrogen) atoms. The molecule has 1 amide bonds. The SMILES string of the molecule is Cc1ccc(S(=O)(=O)N[C@H](Cc2ccccc2)C(=O)NCc2ccccc2-c2ccc([C@H]3O[C@@H](CN(C)[C@@H](C)[C@H](O)c4ccccc4)C[C@@H](c4ccc(CO)cc4)O3)cc2)cc1. The van der Waals surface area contributed by atoms with Crippen LogP contribution in [-0.2, 0) is 43.9 Å². The third-order valence-corrected chi connectivity index (χ3v) is 13.1. The van der Waals surface area contributed by atoms with Crippen molar-refractivity contribution in [1.82, 2.24) is 14.9 Å². The Morgan fingerprint density at radius 3 is 2.08 bits per heavy atom. The normalized spacial score (nSPS) is 18.2. The van der Waals surface area contributed by atoms with Gasteiger partial charge < -0.3 is 25.0 Å². The molecule has 0 radical (unpaired) electrons. The Balaban J connectivity index is 1.07. The summed E-state index contributed by atoms with van der Waals surface area (Å²) in [5, 5.41) is 23.9. The minimum absolute atomic E-state index is 0.0424. The molecule has 4 N–H and O–H groups in total. The van der Waals surface area contributed by atoms with Crippen molar-refractivity contribution in [3.05, 3.63) is 197 Å². The second kappa shape index (κ2) is 20.6. The van der Waals surface area contributed by atoms with Crippen LogP contribution in [0.2, 0.25) is 0 Å². The third-order valence-electron chi connectivity index (χ3n) is 11.6. The fourth-order valence-electron chi connectivity index (χ4n) is 7.78. The second-order valence-corrected chi connectivity index (χ2v) is 17.8. The summed E-state index contributed by atoms with van der Waals surface area (Å²) in [5.41, 5.74) is 7.96. The van der Waals surface area contributed by atoms with E-state index in [4.69, 9.17) is 9.47 Å². The summed E-state index contributed by atoms with van der Waals surface area (Å²) < 4.78 is 42.9. The highest BCUT2D eigenvalue weighted by Crippen LogP contribution is 2.39. The van der Waals surface area contributed by atoms with Gasteiger partial charge in [0.05, 0.1) is 29.8 Å². The van der Waals surface area contributed by atoms with Gasteiger partial charge >= 0.3 is 0 Å². The van der Waals surface area contributed by atoms with Crippen LogP contribution in [0.4, 0.5) is 0 Å². The van der Waals surface area contributed by atoms with E-state index in [0.29, 0.717) is 13.0 Å². The summed E-state index contributed by atoms with van der Waals surface area (Å²) in [6.07, 6.45) is -1.06. The van der Waals surface area contributed by atoms with E-state index in [1.807, 2.05) is 154 Å². The predicted octanol–water partition coefficient (Wildman–Crippen LogP) is 7.96. The predicted molar refractivity (Wildman–Crippen MR) is 241 cm³/mol. The fraction of sp³-hybridized carbons (Fsp3) is 0.275. The van der Waals surface area contributed by atoms with Crippen molar-refractivity contribution >= 4 is 15.9 Å². The molecule has 1 saturated heterocycles. The number of ether oxygens (including phenoxy) is 2. The number of benzene rings is 6. The molecule has 1 aliphatic heterocycles. The summed E-state index contributed by atoms with van der Waals surface area (Å²) in [5.74, 6) is -0.439. The standard InChI is InChI=1S/C51H55N3O7S/c1-35-18-28-45(29-19-35)62(58,59)53-47(30-37-12-6-4-7-13-37)50(57)52-32-43-16-10-11-17-46(43)39-24-26-42(27-25-39)51-60-44(31-48(61-51)40-22-20-38(34-55)21-23-40)33-54(3)36(2)49(56)41-14-8-5-9-15-41/h4-29,36,44,47-49,51,53,55-56H,30-34H2,1-3H3,(H,52,57)/t36-,44+,47+,48-,49-,51-/m0/s1. The van der Waals surface area contributed by atoms with E-state index in [1.165, 1.54) is 12.1 Å². The molecule has 1 heterocycles. The molecule has 0 aliphatic carbocycles. The number of amides is 1. The highest BCUT2D eigenvalue weighted by Gasteiger charge is 2.34. The zero-order valence-electron chi connectivity index (χ0n) is 35.3. The monoisotopic (exact) mass is 853 g/mol. The summed E-state index contributed by atoms with van der Waals surface area (Å²) in [6.45, 7) is 4.59. The van der Waals surface area contributed by atoms with Crippen LogP contribution >= 0.6 is 0 Å². The average Bonchev–Trinajstić information content (AvgIpc) is 3.30. The first kappa shape index (κ1) is 44.6. The summed E-state index contributed by atoms with van der Waals surface area (Å²) in [7, 11) is -1.99. The number of rotatable bonds is 17. The molecule has 0 aromatic heterocycles. The lowest BCUT2D eigenvalue weighted by Crippen LogP contribution is -2.47. The highest BCUT2D eigenvalue weighted by atomic mass is 32.2. The Kier molecular flexibility index (Phi) is 14.8. The number of hydrogen-bond donors (Lipinski definition) is 4. The molecule has 7 rings (SSSR count). The molecular formula is C51H55N3O7S. The number of aliphatic hydroxyl groups excluding tert-OH is 2. The van der Waals surface area contributed by atoms with Crippen molar-refractivity contribution in [2.24, 2.45) is 0 Å². The molecule has 6 atom stereocenters. The summed E-state index contributed by atoms with van der Waals surface area (Å²) in [4.78, 5) is 16.1. The van der Waals surface area contributed by atoms with Crippen molar-refractivity contribution in [3.8, 4) is 11.1 Å². The highest BCUT2D eigenvalue weighted by molar-refractivity contribution is 7.89. The molecule has 0 spiro atoms. The van der Waals surface area contributed by atoms with Gasteiger partial charge in [-0.25, -0.2) is 8.42 Å². The van der Waals surface area contributed by atoms with E-state index < -0.39 is 34.4 Å². The molecule has 11 heteroatoms. The lowest BCUT2D eigenvalue weighted by molar-refractivity contribution is -0.253. The Bertz CT molecular complexity index is 2470. The number of nitrogens with one attached hydrogen (secondary N) is 2. The van der Waals surface area contributed by atoms with E-state index in [2.05, 4.69) is 14.9 Å². The van der Waals surface area contributed by atoms with Gasteiger partial charge in [-0.15, -0.1) is 0 Å². The van der Waals surface area contributed by atoms with Gasteiger partial charge in [-0.1, -0.05) is 151 Å². The van der Waals surface area contributed by atoms with Gasteiger partial charge in [0.1, 0.15) is 6.04 Å². The quantitative estimate of drug-likeness (QED) is 0.0726. The average molecular weight is 854 g/mol. The first-order valence-corrected chi connectivity index (χ1v) is 22.5. The van der Waals surface area contributed by atoms with E-state index in [1.54, 1.807) is 12.1 Å². The molecule has 0 saturated carbocycles. The maximum Gasteiger partial charge on any atom is 0.241 e. The minimum Gasteiger partial charge on any atom is -0.392 e. The molecule has 6 aromatic rings. The Hall–Kier alpha value is -5.50. The van der Waals surface area contributed by atoms with Crippen LogP contribution in [0.25, 0.3) is 11.1 Å². The van der Waals surface area contributed by atoms with Crippen LogP contribution in [-0.4, -0.2) is 61.2 Å². The van der Waals surface area contributed by atoms with Crippen LogP contribution in [0, 0.1) is 6.92 Å². The van der Waals surface area contributed by atoms with Gasteiger partial charge in [0.15, 0.2) is 6.29 Å². The Morgan fingerprint density at radius 1 is 0.774 bits per heavy atom. The topological polar surface area (TPSA) is 137 Å². The maximum atomic E-state index is 13.8. The summed E-state index contributed by atoms with van der Waals surface area (Å²) >= 11 is 0. The number of aliphatic hydroxyl groups is 2. The van der Waals surface area contributed by atoms with Gasteiger partial charge in [-0.3, -0.25) is 9.69 Å². The second-order valence-electron chi connectivity index (χ2n) is 16.1. The Labute approximate surface area is 365 Å². The van der Waals surface area contributed by atoms with Crippen LogP contribution in [0.3, 0.4) is 0 Å². The first-order valence-electron chi connectivity index (χ1n) is 21.0. The van der Waals surface area contributed by atoms with Gasteiger partial charge in [0, 0.05) is 31.1 Å². The number of hydrogen-bond acceptors (Lipinski definition) is 8. The number of carbonyl (C=O) groups excluding carboxylic acids is 1. The lowest BCUT2D eigenvalue weighted by atomic mass is 9.97. The zero-order chi connectivity index (χ0) is 43.6. The number of sulfonamides is 1. The zero-order valence-corrected chi connectivity index (χ0v) is 36.1. The molecule has 1 fully saturated rings. The van der Waals surface area contributed by atoms with Crippen molar-refractivity contribution in [1.29, 1.82) is 0 Å². The number of nitrogens with zero attached hydrogens (tertiary/aromatic N) is 1. The van der Waals surface area contributed by atoms with E-state index in [-0.39, 0.29) is 42.7 Å². The molecule has 1 aliphatic rings.